The van der Waals surface area contributed by atoms with Crippen molar-refractivity contribution >= 4 is 29.2 Å². The predicted octanol–water partition coefficient (Wildman–Crippen LogP) is 2.87. The molecule has 0 atom stereocenters. The second-order valence-electron chi connectivity index (χ2n) is 2.43. The van der Waals surface area contributed by atoms with Crippen LogP contribution in [0.1, 0.15) is 15.9 Å². The van der Waals surface area contributed by atoms with Crippen molar-refractivity contribution in [2.45, 2.75) is 5.88 Å². The Balaban J connectivity index is 3.15. The minimum atomic E-state index is -0.418. The summed E-state index contributed by atoms with van der Waals surface area (Å²) in [5.74, 6) is -0.153. The summed E-state index contributed by atoms with van der Waals surface area (Å²) in [4.78, 5) is 11.2. The van der Waals surface area contributed by atoms with Crippen molar-refractivity contribution in [2.24, 2.45) is 0 Å². The molecule has 2 nitrogen and oxygen atoms in total. The topological polar surface area (TPSA) is 26.3 Å². The molecule has 70 valence electrons. The van der Waals surface area contributed by atoms with Gasteiger partial charge in [-0.3, -0.25) is 0 Å². The van der Waals surface area contributed by atoms with E-state index >= 15 is 0 Å². The minimum Gasteiger partial charge on any atom is -0.465 e. The fourth-order valence-electron chi connectivity index (χ4n) is 0.965. The number of halogens is 2. The van der Waals surface area contributed by atoms with E-state index < -0.39 is 5.97 Å². The van der Waals surface area contributed by atoms with Crippen LogP contribution >= 0.6 is 23.2 Å². The van der Waals surface area contributed by atoms with Gasteiger partial charge in [0.2, 0.25) is 0 Å². The van der Waals surface area contributed by atoms with E-state index in [2.05, 4.69) is 4.74 Å². The molecule has 13 heavy (non-hydrogen) atoms. The van der Waals surface area contributed by atoms with Crippen molar-refractivity contribution in [2.75, 3.05) is 7.11 Å². The van der Waals surface area contributed by atoms with E-state index in [1.54, 1.807) is 18.2 Å². The molecule has 0 heterocycles. The summed E-state index contributed by atoms with van der Waals surface area (Å²) in [6.07, 6.45) is 0. The molecule has 0 amide bonds. The molecule has 0 saturated carbocycles. The van der Waals surface area contributed by atoms with Gasteiger partial charge in [0, 0.05) is 10.9 Å². The van der Waals surface area contributed by atoms with Crippen LogP contribution in [0.5, 0.6) is 0 Å². The number of carbonyl (C=O) groups is 1. The van der Waals surface area contributed by atoms with Gasteiger partial charge in [0.25, 0.3) is 0 Å². The lowest BCUT2D eigenvalue weighted by atomic mass is 10.1. The number of esters is 1. The number of carbonyl (C=O) groups excluding carboxylic acids is 1. The third-order valence-corrected chi connectivity index (χ3v) is 2.14. The van der Waals surface area contributed by atoms with E-state index in [-0.39, 0.29) is 5.88 Å². The number of hydrogen-bond acceptors (Lipinski definition) is 2. The maximum absolute atomic E-state index is 11.2. The number of alkyl halides is 1. The van der Waals surface area contributed by atoms with E-state index in [1.807, 2.05) is 0 Å². The molecular formula is C9H8Cl2O2. The quantitative estimate of drug-likeness (QED) is 0.564. The SMILES string of the molecule is COC(=O)c1cc(Cl)ccc1CCl. The monoisotopic (exact) mass is 218 g/mol. The van der Waals surface area contributed by atoms with E-state index in [4.69, 9.17) is 23.2 Å². The average molecular weight is 219 g/mol. The van der Waals surface area contributed by atoms with E-state index in [1.165, 1.54) is 7.11 Å². The molecular weight excluding hydrogens is 211 g/mol. The Kier molecular flexibility index (Phi) is 3.58. The van der Waals surface area contributed by atoms with Crippen molar-refractivity contribution in [3.05, 3.63) is 34.3 Å². The Morgan fingerprint density at radius 2 is 2.23 bits per heavy atom. The van der Waals surface area contributed by atoms with E-state index in [9.17, 15) is 4.79 Å². The number of methoxy groups -OCH3 is 1. The summed E-state index contributed by atoms with van der Waals surface area (Å²) < 4.78 is 4.58. The largest absolute Gasteiger partial charge is 0.465 e. The summed E-state index contributed by atoms with van der Waals surface area (Å²) in [5.41, 5.74) is 1.14. The fraction of sp³-hybridized carbons (Fsp3) is 0.222. The van der Waals surface area contributed by atoms with Crippen LogP contribution in [0.3, 0.4) is 0 Å². The van der Waals surface area contributed by atoms with Gasteiger partial charge in [-0.25, -0.2) is 4.79 Å². The lowest BCUT2D eigenvalue weighted by Gasteiger charge is -2.04. The molecule has 1 aromatic rings. The number of hydrogen-bond donors (Lipinski definition) is 0. The molecule has 0 aliphatic carbocycles. The maximum Gasteiger partial charge on any atom is 0.338 e. The van der Waals surface area contributed by atoms with Gasteiger partial charge in [0.1, 0.15) is 0 Å². The van der Waals surface area contributed by atoms with Crippen molar-refractivity contribution in [3.8, 4) is 0 Å². The lowest BCUT2D eigenvalue weighted by molar-refractivity contribution is 0.0600. The van der Waals surface area contributed by atoms with Crippen molar-refractivity contribution in [1.82, 2.24) is 0 Å². The van der Waals surface area contributed by atoms with Gasteiger partial charge in [0.05, 0.1) is 12.7 Å². The van der Waals surface area contributed by atoms with Crippen LogP contribution in [-0.2, 0) is 10.6 Å². The van der Waals surface area contributed by atoms with Gasteiger partial charge in [-0.2, -0.15) is 0 Å². The molecule has 0 aromatic heterocycles. The summed E-state index contributed by atoms with van der Waals surface area (Å²) in [5, 5.41) is 0.495. The van der Waals surface area contributed by atoms with Crippen LogP contribution in [0.2, 0.25) is 5.02 Å². The molecule has 1 rings (SSSR count). The zero-order valence-electron chi connectivity index (χ0n) is 7.01. The molecule has 0 saturated heterocycles. The molecule has 0 bridgehead atoms. The molecule has 4 heteroatoms. The van der Waals surface area contributed by atoms with Gasteiger partial charge in [-0.1, -0.05) is 17.7 Å². The lowest BCUT2D eigenvalue weighted by Crippen LogP contribution is -2.04. The maximum atomic E-state index is 11.2. The second kappa shape index (κ2) is 4.49. The third-order valence-electron chi connectivity index (χ3n) is 1.62. The van der Waals surface area contributed by atoms with Crippen LogP contribution in [0.4, 0.5) is 0 Å². The smallest absolute Gasteiger partial charge is 0.338 e. The minimum absolute atomic E-state index is 0.265. The highest BCUT2D eigenvalue weighted by Crippen LogP contribution is 2.18. The summed E-state index contributed by atoms with van der Waals surface area (Å²) in [6.45, 7) is 0. The molecule has 0 radical (unpaired) electrons. The Hall–Kier alpha value is -0.730. The molecule has 0 N–H and O–H groups in total. The van der Waals surface area contributed by atoms with E-state index in [0.717, 1.165) is 5.56 Å². The normalized spacial score (nSPS) is 9.77. The van der Waals surface area contributed by atoms with Crippen LogP contribution in [0.15, 0.2) is 18.2 Å². The molecule has 0 aliphatic rings. The van der Waals surface area contributed by atoms with Crippen LogP contribution < -0.4 is 0 Å². The average Bonchev–Trinajstić information content (AvgIpc) is 2.16. The van der Waals surface area contributed by atoms with Gasteiger partial charge in [-0.15, -0.1) is 11.6 Å². The van der Waals surface area contributed by atoms with E-state index in [0.29, 0.717) is 10.6 Å². The van der Waals surface area contributed by atoms with Crippen LogP contribution in [0, 0.1) is 0 Å². The number of ether oxygens (including phenoxy) is 1. The first-order valence-electron chi connectivity index (χ1n) is 3.61. The van der Waals surface area contributed by atoms with Crippen LogP contribution in [0.25, 0.3) is 0 Å². The predicted molar refractivity (Wildman–Crippen MR) is 52.3 cm³/mol. The first-order valence-corrected chi connectivity index (χ1v) is 4.53. The van der Waals surface area contributed by atoms with Crippen molar-refractivity contribution < 1.29 is 9.53 Å². The molecule has 1 aromatic carbocycles. The van der Waals surface area contributed by atoms with Crippen molar-refractivity contribution in [1.29, 1.82) is 0 Å². The van der Waals surface area contributed by atoms with Crippen LogP contribution in [-0.4, -0.2) is 13.1 Å². The molecule has 0 fully saturated rings. The fourth-order valence-corrected chi connectivity index (χ4v) is 1.37. The first-order chi connectivity index (χ1) is 6.19. The van der Waals surface area contributed by atoms with Gasteiger partial charge in [0.15, 0.2) is 0 Å². The molecule has 0 spiro atoms. The first kappa shape index (κ1) is 10.4. The number of rotatable bonds is 2. The zero-order chi connectivity index (χ0) is 9.84. The van der Waals surface area contributed by atoms with Gasteiger partial charge < -0.3 is 4.74 Å². The molecule has 0 aliphatic heterocycles. The second-order valence-corrected chi connectivity index (χ2v) is 3.13. The number of benzene rings is 1. The van der Waals surface area contributed by atoms with Gasteiger partial charge in [-0.05, 0) is 17.7 Å². The Morgan fingerprint density at radius 1 is 1.54 bits per heavy atom. The summed E-state index contributed by atoms with van der Waals surface area (Å²) in [6, 6.07) is 4.94. The third kappa shape index (κ3) is 2.36. The Morgan fingerprint density at radius 3 is 2.77 bits per heavy atom. The highest BCUT2D eigenvalue weighted by atomic mass is 35.5. The highest BCUT2D eigenvalue weighted by molar-refractivity contribution is 6.31. The van der Waals surface area contributed by atoms with Gasteiger partial charge >= 0.3 is 5.97 Å². The Labute approximate surface area is 86.4 Å². The standard InChI is InChI=1S/C9H8Cl2O2/c1-13-9(12)8-4-7(11)3-2-6(8)5-10/h2-4H,5H2,1H3. The van der Waals surface area contributed by atoms with Crippen molar-refractivity contribution in [3.63, 3.8) is 0 Å². The molecule has 0 unspecified atom stereocenters. The zero-order valence-corrected chi connectivity index (χ0v) is 8.52. The summed E-state index contributed by atoms with van der Waals surface area (Å²) in [7, 11) is 1.32. The highest BCUT2D eigenvalue weighted by Gasteiger charge is 2.11. The summed E-state index contributed by atoms with van der Waals surface area (Å²) >= 11 is 11.4. The Bertz CT molecular complexity index is 323.